The van der Waals surface area contributed by atoms with Crippen LogP contribution in [-0.4, -0.2) is 12.3 Å². The van der Waals surface area contributed by atoms with Gasteiger partial charge in [0.2, 0.25) is 0 Å². The van der Waals surface area contributed by atoms with Crippen molar-refractivity contribution in [2.45, 2.75) is 64.4 Å². The summed E-state index contributed by atoms with van der Waals surface area (Å²) in [6, 6.07) is 9.32. The molecular weight excluding hydrogens is 517 g/mol. The van der Waals surface area contributed by atoms with E-state index in [0.717, 1.165) is 21.4 Å². The minimum Gasteiger partial charge on any atom is -1.00 e. The van der Waals surface area contributed by atoms with Crippen LogP contribution in [0.25, 0.3) is 6.08 Å². The van der Waals surface area contributed by atoms with E-state index in [2.05, 4.69) is 84.0 Å². The van der Waals surface area contributed by atoms with E-state index in [-0.39, 0.29) is 32.7 Å². The van der Waals surface area contributed by atoms with E-state index in [4.69, 9.17) is 0 Å². The molecule has 0 heterocycles. The normalized spacial score (nSPS) is 18.1. The second kappa shape index (κ2) is 13.9. The van der Waals surface area contributed by atoms with Crippen molar-refractivity contribution in [3.8, 4) is 0 Å². The number of hydrogen-bond donors (Lipinski definition) is 0. The predicted molar refractivity (Wildman–Crippen MR) is 128 cm³/mol. The van der Waals surface area contributed by atoms with Gasteiger partial charge in [-0.1, -0.05) is 0 Å². The Bertz CT molecular complexity index is 784. The van der Waals surface area contributed by atoms with Gasteiger partial charge in [0.25, 0.3) is 0 Å². The number of benzene rings is 1. The van der Waals surface area contributed by atoms with Gasteiger partial charge < -0.3 is 24.8 Å². The Hall–Kier alpha value is 0.333. The van der Waals surface area contributed by atoms with Crippen molar-refractivity contribution >= 4 is 14.0 Å². The molecule has 0 fully saturated rings. The zero-order chi connectivity index (χ0) is 21.0. The Kier molecular flexibility index (Phi) is 13.2. The molecule has 1 aromatic carbocycles. The molecule has 0 N–H and O–H groups in total. The van der Waals surface area contributed by atoms with Crippen molar-refractivity contribution in [3.63, 3.8) is 0 Å². The van der Waals surface area contributed by atoms with Crippen LogP contribution >= 0.6 is 7.92 Å². The van der Waals surface area contributed by atoms with Crippen molar-refractivity contribution in [2.24, 2.45) is 17.8 Å². The largest absolute Gasteiger partial charge is 1.00 e. The van der Waals surface area contributed by atoms with Crippen LogP contribution in [0.4, 0.5) is 0 Å². The molecule has 0 aromatic heterocycles. The van der Waals surface area contributed by atoms with E-state index < -0.39 is 23.2 Å². The maximum absolute atomic E-state index is 2.63. The minimum atomic E-state index is -0.697. The molecule has 2 aliphatic carbocycles. The molecular formula is C27H39Cl2PZr. The summed E-state index contributed by atoms with van der Waals surface area (Å²) in [5.41, 5.74) is 4.92. The molecule has 2 atom stereocenters. The van der Waals surface area contributed by atoms with E-state index in [1.54, 1.807) is 11.1 Å². The Balaban J connectivity index is 0.00000240. The third kappa shape index (κ3) is 7.67. The van der Waals surface area contributed by atoms with Crippen LogP contribution in [0.5, 0.6) is 0 Å². The van der Waals surface area contributed by atoms with Crippen LogP contribution in [0.15, 0.2) is 50.6 Å². The summed E-state index contributed by atoms with van der Waals surface area (Å²) < 4.78 is 2.66. The van der Waals surface area contributed by atoms with Gasteiger partial charge in [-0.3, -0.25) is 0 Å². The summed E-state index contributed by atoms with van der Waals surface area (Å²) in [6.45, 7) is 14.5. The van der Waals surface area contributed by atoms with Crippen LogP contribution in [0.1, 0.15) is 75.6 Å². The molecule has 0 nitrogen and oxygen atoms in total. The number of rotatable bonds is 10. The first-order valence-electron chi connectivity index (χ1n) is 11.6. The van der Waals surface area contributed by atoms with Gasteiger partial charge >= 0.3 is 193 Å². The van der Waals surface area contributed by atoms with Gasteiger partial charge in [-0.25, -0.2) is 0 Å². The molecule has 0 saturated heterocycles. The minimum absolute atomic E-state index is 0. The standard InChI is InChI=1S/C17H24P.C10H15.2ClH.Zr/c1-13(2)11-18(12-14(3)4)17-9-15-7-5-6-8-16(15)10-17;1-3-6-9(2)10-7-4-5-8-10;;;/h5-10,13-14H,11-12H2,1-4H3;4,7,9H,3,5-6H2,1-2H3;2*1H;/q;;;;+2/p-2. The van der Waals surface area contributed by atoms with Gasteiger partial charge in [-0.2, -0.15) is 0 Å². The van der Waals surface area contributed by atoms with Gasteiger partial charge in [0.05, 0.1) is 0 Å². The van der Waals surface area contributed by atoms with E-state index >= 15 is 0 Å². The molecule has 170 valence electrons. The van der Waals surface area contributed by atoms with Crippen molar-refractivity contribution < 1.29 is 48.0 Å². The molecule has 2 unspecified atom stereocenters. The monoisotopic (exact) mass is 554 g/mol. The van der Waals surface area contributed by atoms with Gasteiger partial charge in [-0.15, -0.1) is 0 Å². The van der Waals surface area contributed by atoms with Crippen molar-refractivity contribution in [1.29, 1.82) is 0 Å². The first-order valence-corrected chi connectivity index (χ1v) is 16.0. The zero-order valence-corrected chi connectivity index (χ0v) is 25.0. The Morgan fingerprint density at radius 1 is 1.00 bits per heavy atom. The molecule has 2 aliphatic rings. The third-order valence-corrected chi connectivity index (χ3v) is 14.3. The van der Waals surface area contributed by atoms with Gasteiger partial charge in [0, 0.05) is 0 Å². The quantitative estimate of drug-likeness (QED) is 0.389. The number of allylic oxidation sites excluding steroid dienone is 5. The number of hydrogen-bond acceptors (Lipinski definition) is 0. The summed E-state index contributed by atoms with van der Waals surface area (Å²) in [6.07, 6.45) is 14.2. The van der Waals surface area contributed by atoms with E-state index in [9.17, 15) is 0 Å². The molecule has 1 aromatic rings. The van der Waals surface area contributed by atoms with Crippen LogP contribution < -0.4 is 24.8 Å². The molecule has 3 rings (SSSR count). The summed E-state index contributed by atoms with van der Waals surface area (Å²) in [5.74, 6) is 2.33. The summed E-state index contributed by atoms with van der Waals surface area (Å²) in [4.78, 5) is 0. The SMILES string of the molecule is CCCC(C)C1=[C]([Zr+2][CH]2C(P(CC(C)C)CC(C)C)=Cc3ccccc32)CC=C1.[Cl-].[Cl-]. The van der Waals surface area contributed by atoms with Gasteiger partial charge in [-0.05, 0) is 0 Å². The van der Waals surface area contributed by atoms with Crippen LogP contribution in [0.3, 0.4) is 0 Å². The third-order valence-electron chi connectivity index (χ3n) is 5.98. The molecule has 0 radical (unpaired) electrons. The average molecular weight is 557 g/mol. The number of fused-ring (bicyclic) bond motifs is 1. The first-order chi connectivity index (χ1) is 13.9. The zero-order valence-electron chi connectivity index (χ0n) is 20.1. The Morgan fingerprint density at radius 3 is 2.26 bits per heavy atom. The average Bonchev–Trinajstić information content (AvgIpc) is 3.26. The van der Waals surface area contributed by atoms with E-state index in [0.29, 0.717) is 0 Å². The maximum Gasteiger partial charge on any atom is -1.00 e. The summed E-state index contributed by atoms with van der Waals surface area (Å²) in [5, 5.41) is 1.86. The maximum atomic E-state index is 2.63. The van der Waals surface area contributed by atoms with E-state index in [1.165, 1.54) is 37.1 Å². The summed E-state index contributed by atoms with van der Waals surface area (Å²) in [7, 11) is -0.0222. The Labute approximate surface area is 217 Å². The fraction of sp³-hybridized carbons (Fsp3) is 0.556. The summed E-state index contributed by atoms with van der Waals surface area (Å²) >= 11 is -0.697. The topological polar surface area (TPSA) is 0 Å². The second-order valence-electron chi connectivity index (χ2n) is 9.70. The van der Waals surface area contributed by atoms with Crippen LogP contribution in [0, 0.1) is 17.8 Å². The Morgan fingerprint density at radius 2 is 1.65 bits per heavy atom. The molecule has 31 heavy (non-hydrogen) atoms. The molecule has 0 spiro atoms. The first kappa shape index (κ1) is 29.4. The molecule has 0 bridgehead atoms. The van der Waals surface area contributed by atoms with Gasteiger partial charge in [0.1, 0.15) is 0 Å². The van der Waals surface area contributed by atoms with Crippen molar-refractivity contribution in [1.82, 2.24) is 0 Å². The van der Waals surface area contributed by atoms with E-state index in [1.807, 2.05) is 8.60 Å². The molecule has 0 amide bonds. The fourth-order valence-corrected chi connectivity index (χ4v) is 13.9. The smallest absolute Gasteiger partial charge is 1.00 e. The number of halogens is 2. The van der Waals surface area contributed by atoms with Crippen molar-refractivity contribution in [3.05, 3.63) is 61.7 Å². The second-order valence-corrected chi connectivity index (χ2v) is 15.6. The van der Waals surface area contributed by atoms with Crippen LogP contribution in [-0.2, 0) is 23.2 Å². The molecule has 0 saturated carbocycles. The molecule has 0 aliphatic heterocycles. The molecule has 4 heteroatoms. The van der Waals surface area contributed by atoms with Gasteiger partial charge in [0.15, 0.2) is 0 Å². The fourth-order valence-electron chi connectivity index (χ4n) is 4.79. The van der Waals surface area contributed by atoms with Crippen LogP contribution in [0.2, 0.25) is 0 Å². The van der Waals surface area contributed by atoms with Crippen molar-refractivity contribution in [2.75, 3.05) is 12.3 Å². The predicted octanol–water partition coefficient (Wildman–Crippen LogP) is 2.62.